The van der Waals surface area contributed by atoms with E-state index in [9.17, 15) is 0 Å². The van der Waals surface area contributed by atoms with Gasteiger partial charge in [0, 0.05) is 5.02 Å². The molecule has 0 aliphatic heterocycles. The van der Waals surface area contributed by atoms with E-state index in [2.05, 4.69) is 6.92 Å². The van der Waals surface area contributed by atoms with E-state index in [0.29, 0.717) is 5.92 Å². The molecule has 1 aromatic rings. The Morgan fingerprint density at radius 1 is 1.20 bits per heavy atom. The lowest BCUT2D eigenvalue weighted by atomic mass is 9.90. The van der Waals surface area contributed by atoms with Crippen LogP contribution in [0.5, 0.6) is 0 Å². The maximum Gasteiger partial charge on any atom is 0.0615 e. The maximum absolute atomic E-state index is 6.52. The Morgan fingerprint density at radius 3 is 2.40 bits per heavy atom. The number of hydrogen-bond acceptors (Lipinski definition) is 0. The molecular formula is C13H16Cl2. The zero-order valence-corrected chi connectivity index (χ0v) is 10.4. The van der Waals surface area contributed by atoms with Crippen molar-refractivity contribution in [3.63, 3.8) is 0 Å². The minimum atomic E-state index is 0.153. The first-order valence-electron chi connectivity index (χ1n) is 5.58. The summed E-state index contributed by atoms with van der Waals surface area (Å²) in [5.74, 6) is 1.39. The van der Waals surface area contributed by atoms with E-state index >= 15 is 0 Å². The quantitative estimate of drug-likeness (QED) is 0.637. The van der Waals surface area contributed by atoms with Gasteiger partial charge < -0.3 is 0 Å². The van der Waals surface area contributed by atoms with Gasteiger partial charge in [-0.25, -0.2) is 0 Å². The second-order valence-electron chi connectivity index (χ2n) is 4.53. The van der Waals surface area contributed by atoms with Crippen LogP contribution in [0.3, 0.4) is 0 Å². The molecule has 1 aliphatic rings. The highest BCUT2D eigenvalue weighted by Gasteiger charge is 2.30. The van der Waals surface area contributed by atoms with Crippen LogP contribution in [0.25, 0.3) is 0 Å². The largest absolute Gasteiger partial charge is 0.118 e. The predicted octanol–water partition coefficient (Wildman–Crippen LogP) is 5.06. The lowest BCUT2D eigenvalue weighted by Gasteiger charge is -2.21. The summed E-state index contributed by atoms with van der Waals surface area (Å²) < 4.78 is 0. The van der Waals surface area contributed by atoms with Crippen molar-refractivity contribution in [2.75, 3.05) is 0 Å². The molecule has 0 nitrogen and oxygen atoms in total. The smallest absolute Gasteiger partial charge is 0.0615 e. The van der Waals surface area contributed by atoms with E-state index in [-0.39, 0.29) is 5.38 Å². The average molecular weight is 243 g/mol. The second-order valence-corrected chi connectivity index (χ2v) is 5.43. The van der Waals surface area contributed by atoms with Gasteiger partial charge >= 0.3 is 0 Å². The Morgan fingerprint density at radius 2 is 1.87 bits per heavy atom. The summed E-state index contributed by atoms with van der Waals surface area (Å²) >= 11 is 12.4. The number of alkyl halides is 1. The van der Waals surface area contributed by atoms with E-state index in [1.165, 1.54) is 24.8 Å². The molecule has 15 heavy (non-hydrogen) atoms. The van der Waals surface area contributed by atoms with Gasteiger partial charge in [-0.05, 0) is 36.0 Å². The van der Waals surface area contributed by atoms with Crippen molar-refractivity contribution in [1.29, 1.82) is 0 Å². The lowest BCUT2D eigenvalue weighted by molar-refractivity contribution is 0.406. The summed E-state index contributed by atoms with van der Waals surface area (Å²) in [6.45, 7) is 2.31. The van der Waals surface area contributed by atoms with E-state index in [1.54, 1.807) is 0 Å². The van der Waals surface area contributed by atoms with Gasteiger partial charge in [-0.2, -0.15) is 0 Å². The van der Waals surface area contributed by atoms with Crippen LogP contribution in [0.1, 0.15) is 37.1 Å². The topological polar surface area (TPSA) is 0 Å². The highest BCUT2D eigenvalue weighted by Crippen LogP contribution is 2.43. The zero-order chi connectivity index (χ0) is 10.8. The molecule has 0 saturated heterocycles. The predicted molar refractivity (Wildman–Crippen MR) is 66.6 cm³/mol. The molecule has 2 rings (SSSR count). The first-order valence-corrected chi connectivity index (χ1v) is 6.39. The van der Waals surface area contributed by atoms with Crippen LogP contribution in [-0.4, -0.2) is 0 Å². The summed E-state index contributed by atoms with van der Waals surface area (Å²) in [5.41, 5.74) is 1.21. The van der Waals surface area contributed by atoms with Crippen LogP contribution >= 0.6 is 23.2 Å². The Hall–Kier alpha value is -0.200. The van der Waals surface area contributed by atoms with E-state index < -0.39 is 0 Å². The lowest BCUT2D eigenvalue weighted by Crippen LogP contribution is -2.10. The molecule has 1 fully saturated rings. The number of hydrogen-bond donors (Lipinski definition) is 0. The third-order valence-electron chi connectivity index (χ3n) is 3.49. The summed E-state index contributed by atoms with van der Waals surface area (Å²) in [5, 5.41) is 0.932. The molecule has 0 radical (unpaired) electrons. The van der Waals surface area contributed by atoms with Gasteiger partial charge in [0.1, 0.15) is 0 Å². The summed E-state index contributed by atoms with van der Waals surface area (Å²) in [7, 11) is 0. The van der Waals surface area contributed by atoms with Crippen LogP contribution in [0.4, 0.5) is 0 Å². The Kier molecular flexibility index (Phi) is 3.58. The molecule has 1 saturated carbocycles. The van der Waals surface area contributed by atoms with Crippen LogP contribution < -0.4 is 0 Å². The van der Waals surface area contributed by atoms with Gasteiger partial charge in [0.25, 0.3) is 0 Å². The molecule has 0 N–H and O–H groups in total. The standard InChI is InChI=1S/C13H16Cl2/c1-9-3-2-4-12(9)13(15)10-5-7-11(14)8-6-10/h5-9,12-13H,2-4H2,1H3. The fourth-order valence-electron chi connectivity index (χ4n) is 2.50. The highest BCUT2D eigenvalue weighted by molar-refractivity contribution is 6.30. The molecule has 3 unspecified atom stereocenters. The molecule has 0 spiro atoms. The summed E-state index contributed by atoms with van der Waals surface area (Å²) in [6.07, 6.45) is 3.90. The highest BCUT2D eigenvalue weighted by atomic mass is 35.5. The van der Waals surface area contributed by atoms with Gasteiger partial charge in [0.15, 0.2) is 0 Å². The average Bonchev–Trinajstić information content (AvgIpc) is 2.65. The van der Waals surface area contributed by atoms with E-state index in [4.69, 9.17) is 23.2 Å². The third-order valence-corrected chi connectivity index (χ3v) is 4.32. The van der Waals surface area contributed by atoms with Crippen LogP contribution in [0.2, 0.25) is 5.02 Å². The molecule has 3 atom stereocenters. The molecular weight excluding hydrogens is 227 g/mol. The number of benzene rings is 1. The molecule has 0 bridgehead atoms. The minimum Gasteiger partial charge on any atom is -0.118 e. The van der Waals surface area contributed by atoms with Crippen molar-refractivity contribution in [1.82, 2.24) is 0 Å². The molecule has 0 aromatic heterocycles. The number of rotatable bonds is 2. The fourth-order valence-corrected chi connectivity index (χ4v) is 3.15. The van der Waals surface area contributed by atoms with E-state index in [1.807, 2.05) is 24.3 Å². The van der Waals surface area contributed by atoms with E-state index in [0.717, 1.165) is 10.9 Å². The van der Waals surface area contributed by atoms with Crippen LogP contribution in [0.15, 0.2) is 24.3 Å². The van der Waals surface area contributed by atoms with Crippen LogP contribution in [0, 0.1) is 11.8 Å². The van der Waals surface area contributed by atoms with Gasteiger partial charge in [-0.3, -0.25) is 0 Å². The van der Waals surface area contributed by atoms with Crippen molar-refractivity contribution in [3.8, 4) is 0 Å². The molecule has 82 valence electrons. The zero-order valence-electron chi connectivity index (χ0n) is 8.92. The monoisotopic (exact) mass is 242 g/mol. The van der Waals surface area contributed by atoms with Crippen molar-refractivity contribution in [2.45, 2.75) is 31.6 Å². The molecule has 1 aromatic carbocycles. The van der Waals surface area contributed by atoms with Crippen LogP contribution in [-0.2, 0) is 0 Å². The number of halogens is 2. The van der Waals surface area contributed by atoms with Gasteiger partial charge in [0.2, 0.25) is 0 Å². The van der Waals surface area contributed by atoms with Crippen molar-refractivity contribution < 1.29 is 0 Å². The molecule has 0 heterocycles. The SMILES string of the molecule is CC1CCCC1C(Cl)c1ccc(Cl)cc1. The molecule has 1 aliphatic carbocycles. The van der Waals surface area contributed by atoms with Gasteiger partial charge in [0.05, 0.1) is 5.38 Å². The van der Waals surface area contributed by atoms with Crippen molar-refractivity contribution in [3.05, 3.63) is 34.9 Å². The maximum atomic E-state index is 6.52. The Bertz CT molecular complexity index is 318. The molecule has 0 amide bonds. The third kappa shape index (κ3) is 2.49. The molecule has 2 heteroatoms. The Balaban J connectivity index is 2.13. The summed E-state index contributed by atoms with van der Waals surface area (Å²) in [6, 6.07) is 7.94. The van der Waals surface area contributed by atoms with Gasteiger partial charge in [-0.15, -0.1) is 11.6 Å². The first-order chi connectivity index (χ1) is 7.18. The Labute approximate surface area is 102 Å². The first kappa shape index (κ1) is 11.3. The van der Waals surface area contributed by atoms with Crippen molar-refractivity contribution >= 4 is 23.2 Å². The van der Waals surface area contributed by atoms with Crippen molar-refractivity contribution in [2.24, 2.45) is 11.8 Å². The minimum absolute atomic E-state index is 0.153. The van der Waals surface area contributed by atoms with Gasteiger partial charge in [-0.1, -0.05) is 43.5 Å². The normalized spacial score (nSPS) is 27.9. The second kappa shape index (κ2) is 4.76. The summed E-state index contributed by atoms with van der Waals surface area (Å²) in [4.78, 5) is 0. The fraction of sp³-hybridized carbons (Fsp3) is 0.538.